The minimum absolute atomic E-state index is 0.0740. The van der Waals surface area contributed by atoms with Gasteiger partial charge in [0, 0.05) is 25.3 Å². The summed E-state index contributed by atoms with van der Waals surface area (Å²) in [6.45, 7) is 3.53. The number of rotatable bonds is 8. The highest BCUT2D eigenvalue weighted by molar-refractivity contribution is 6.14. The molecular weight excluding hydrogens is 386 g/mol. The molecule has 0 saturated carbocycles. The van der Waals surface area contributed by atoms with Crippen LogP contribution < -0.4 is 20.5 Å². The molecular formula is C21H27N5O4. The molecule has 160 valence electrons. The first-order valence-electron chi connectivity index (χ1n) is 9.82. The summed E-state index contributed by atoms with van der Waals surface area (Å²) in [4.78, 5) is 34.7. The standard InChI is InChI=1S/C21H27N5O4/c1-13(12-27)26-9-7-14(8-10-26)24-21-23-11-15(20(22)25-21)19(28)18-16(29-2)5-4-6-17(18)30-3/h4-6,11-14H,7-10H2,1-3H3,(H3,22,23,24,25). The number of hydrogen-bond donors (Lipinski definition) is 2. The summed E-state index contributed by atoms with van der Waals surface area (Å²) < 4.78 is 10.6. The largest absolute Gasteiger partial charge is 0.496 e. The number of nitrogens with zero attached hydrogens (tertiary/aromatic N) is 3. The SMILES string of the molecule is COc1cccc(OC)c1C(=O)c1cnc(NC2CCN(C(C)C=O)CC2)nc1N. The molecule has 2 heterocycles. The predicted octanol–water partition coefficient (Wildman–Crippen LogP) is 1.77. The average Bonchev–Trinajstić information content (AvgIpc) is 2.78. The lowest BCUT2D eigenvalue weighted by Crippen LogP contribution is -2.44. The number of benzene rings is 1. The Hall–Kier alpha value is -3.20. The van der Waals surface area contributed by atoms with E-state index in [1.165, 1.54) is 20.4 Å². The van der Waals surface area contributed by atoms with Crippen molar-refractivity contribution in [1.29, 1.82) is 0 Å². The van der Waals surface area contributed by atoms with E-state index >= 15 is 0 Å². The first-order valence-corrected chi connectivity index (χ1v) is 9.82. The highest BCUT2D eigenvalue weighted by Crippen LogP contribution is 2.31. The van der Waals surface area contributed by atoms with Crippen molar-refractivity contribution in [2.24, 2.45) is 0 Å². The summed E-state index contributed by atoms with van der Waals surface area (Å²) in [5.41, 5.74) is 6.54. The molecule has 1 aliphatic rings. The number of aldehydes is 1. The van der Waals surface area contributed by atoms with Gasteiger partial charge >= 0.3 is 0 Å². The Morgan fingerprint density at radius 2 is 1.90 bits per heavy atom. The van der Waals surface area contributed by atoms with Crippen LogP contribution in [0.2, 0.25) is 0 Å². The van der Waals surface area contributed by atoms with Crippen LogP contribution in [0.3, 0.4) is 0 Å². The van der Waals surface area contributed by atoms with Crippen molar-refractivity contribution in [2.45, 2.75) is 31.8 Å². The summed E-state index contributed by atoms with van der Waals surface area (Å²) >= 11 is 0. The van der Waals surface area contributed by atoms with Crippen LogP contribution in [0, 0.1) is 0 Å². The van der Waals surface area contributed by atoms with Crippen molar-refractivity contribution < 1.29 is 19.1 Å². The fraction of sp³-hybridized carbons (Fsp3) is 0.429. The Bertz CT molecular complexity index is 890. The highest BCUT2D eigenvalue weighted by Gasteiger charge is 2.25. The summed E-state index contributed by atoms with van der Waals surface area (Å²) in [6, 6.07) is 5.20. The van der Waals surface area contributed by atoms with E-state index in [0.717, 1.165) is 32.2 Å². The molecule has 1 atom stereocenters. The first kappa shape index (κ1) is 21.5. The molecule has 3 rings (SSSR count). The number of aromatic nitrogens is 2. The van der Waals surface area contributed by atoms with Crippen LogP contribution in [0.4, 0.5) is 11.8 Å². The number of piperidine rings is 1. The molecule has 0 aliphatic carbocycles. The number of carbonyl (C=O) groups is 2. The van der Waals surface area contributed by atoms with E-state index in [9.17, 15) is 9.59 Å². The number of hydrogen-bond acceptors (Lipinski definition) is 9. The molecule has 0 bridgehead atoms. The summed E-state index contributed by atoms with van der Waals surface area (Å²) in [5.74, 6) is 0.856. The number of methoxy groups -OCH3 is 2. The molecule has 1 unspecified atom stereocenters. The molecule has 0 spiro atoms. The Morgan fingerprint density at radius 3 is 2.43 bits per heavy atom. The van der Waals surface area contributed by atoms with Gasteiger partial charge in [-0.1, -0.05) is 6.07 Å². The van der Waals surface area contributed by atoms with Crippen LogP contribution in [0.5, 0.6) is 11.5 Å². The van der Waals surface area contributed by atoms with E-state index in [2.05, 4.69) is 20.2 Å². The number of ketones is 1. The Morgan fingerprint density at radius 1 is 1.27 bits per heavy atom. The number of ether oxygens (including phenoxy) is 2. The zero-order valence-corrected chi connectivity index (χ0v) is 17.4. The van der Waals surface area contributed by atoms with Crippen molar-refractivity contribution in [3.63, 3.8) is 0 Å². The number of nitrogen functional groups attached to an aromatic ring is 1. The lowest BCUT2D eigenvalue weighted by atomic mass is 10.0. The fourth-order valence-electron chi connectivity index (χ4n) is 3.57. The van der Waals surface area contributed by atoms with Crippen molar-refractivity contribution in [2.75, 3.05) is 38.4 Å². The quantitative estimate of drug-likeness (QED) is 0.493. The maximum Gasteiger partial charge on any atom is 0.224 e. The van der Waals surface area contributed by atoms with Gasteiger partial charge in [0.1, 0.15) is 29.2 Å². The van der Waals surface area contributed by atoms with Crippen LogP contribution in [0.25, 0.3) is 0 Å². The van der Waals surface area contributed by atoms with Gasteiger partial charge in [0.05, 0.1) is 25.8 Å². The van der Waals surface area contributed by atoms with Crippen molar-refractivity contribution >= 4 is 23.8 Å². The molecule has 1 aromatic carbocycles. The molecule has 9 nitrogen and oxygen atoms in total. The monoisotopic (exact) mass is 413 g/mol. The molecule has 1 saturated heterocycles. The number of nitrogens with one attached hydrogen (secondary N) is 1. The van der Waals surface area contributed by atoms with Crippen LogP contribution >= 0.6 is 0 Å². The van der Waals surface area contributed by atoms with Crippen LogP contribution in [0.15, 0.2) is 24.4 Å². The third-order valence-electron chi connectivity index (χ3n) is 5.35. The molecule has 1 aromatic heterocycles. The smallest absolute Gasteiger partial charge is 0.224 e. The number of anilines is 2. The van der Waals surface area contributed by atoms with Crippen LogP contribution in [0.1, 0.15) is 35.7 Å². The van der Waals surface area contributed by atoms with Gasteiger partial charge in [-0.2, -0.15) is 4.98 Å². The molecule has 1 aliphatic heterocycles. The molecule has 0 radical (unpaired) electrons. The predicted molar refractivity (Wildman–Crippen MR) is 113 cm³/mol. The normalized spacial score (nSPS) is 16.0. The molecule has 0 amide bonds. The van der Waals surface area contributed by atoms with Gasteiger partial charge in [-0.25, -0.2) is 4.98 Å². The molecule has 9 heteroatoms. The topological polar surface area (TPSA) is 120 Å². The second-order valence-corrected chi connectivity index (χ2v) is 7.19. The minimum Gasteiger partial charge on any atom is -0.496 e. The van der Waals surface area contributed by atoms with E-state index in [4.69, 9.17) is 15.2 Å². The molecule has 1 fully saturated rings. The first-order chi connectivity index (χ1) is 14.5. The van der Waals surface area contributed by atoms with Gasteiger partial charge in [0.15, 0.2) is 0 Å². The maximum absolute atomic E-state index is 13.1. The van der Waals surface area contributed by atoms with Crippen molar-refractivity contribution in [1.82, 2.24) is 14.9 Å². The average molecular weight is 413 g/mol. The van der Waals surface area contributed by atoms with Gasteiger partial charge in [-0.3, -0.25) is 9.69 Å². The number of carbonyl (C=O) groups excluding carboxylic acids is 2. The molecule has 30 heavy (non-hydrogen) atoms. The van der Waals surface area contributed by atoms with Gasteiger partial charge in [-0.15, -0.1) is 0 Å². The summed E-state index contributed by atoms with van der Waals surface area (Å²) in [6.07, 6.45) is 4.10. The fourth-order valence-corrected chi connectivity index (χ4v) is 3.57. The zero-order chi connectivity index (χ0) is 21.7. The van der Waals surface area contributed by atoms with Gasteiger partial charge in [0.25, 0.3) is 0 Å². The van der Waals surface area contributed by atoms with Crippen molar-refractivity contribution in [3.05, 3.63) is 35.5 Å². The third kappa shape index (κ3) is 4.51. The summed E-state index contributed by atoms with van der Waals surface area (Å²) in [5, 5.41) is 3.27. The van der Waals surface area contributed by atoms with E-state index < -0.39 is 0 Å². The van der Waals surface area contributed by atoms with E-state index in [1.807, 2.05) is 6.92 Å². The second-order valence-electron chi connectivity index (χ2n) is 7.19. The number of likely N-dealkylation sites (tertiary alicyclic amines) is 1. The van der Waals surface area contributed by atoms with E-state index in [-0.39, 0.29) is 34.8 Å². The van der Waals surface area contributed by atoms with Gasteiger partial charge in [-0.05, 0) is 31.9 Å². The molecule has 2 aromatic rings. The summed E-state index contributed by atoms with van der Waals surface area (Å²) in [7, 11) is 2.97. The zero-order valence-electron chi connectivity index (χ0n) is 17.4. The van der Waals surface area contributed by atoms with Crippen LogP contribution in [-0.2, 0) is 4.79 Å². The Labute approximate surface area is 175 Å². The van der Waals surface area contributed by atoms with E-state index in [1.54, 1.807) is 18.2 Å². The lowest BCUT2D eigenvalue weighted by Gasteiger charge is -2.34. The number of nitrogens with two attached hydrogens (primary N) is 1. The maximum atomic E-state index is 13.1. The lowest BCUT2D eigenvalue weighted by molar-refractivity contribution is -0.112. The Kier molecular flexibility index (Phi) is 6.83. The van der Waals surface area contributed by atoms with Crippen LogP contribution in [-0.4, -0.2) is 66.3 Å². The minimum atomic E-state index is -0.371. The highest BCUT2D eigenvalue weighted by atomic mass is 16.5. The third-order valence-corrected chi connectivity index (χ3v) is 5.35. The Balaban J connectivity index is 1.74. The molecule has 3 N–H and O–H groups in total. The van der Waals surface area contributed by atoms with Crippen molar-refractivity contribution in [3.8, 4) is 11.5 Å². The van der Waals surface area contributed by atoms with Gasteiger partial charge in [0.2, 0.25) is 11.7 Å². The second kappa shape index (κ2) is 9.53. The van der Waals surface area contributed by atoms with Gasteiger partial charge < -0.3 is 25.3 Å². The van der Waals surface area contributed by atoms with E-state index in [0.29, 0.717) is 17.4 Å².